The summed E-state index contributed by atoms with van der Waals surface area (Å²) in [6.45, 7) is 0. The lowest BCUT2D eigenvalue weighted by Gasteiger charge is -1.81. The number of anilines is 1. The van der Waals surface area contributed by atoms with Gasteiger partial charge < -0.3 is 15.3 Å². The number of carbonyl (C=O) groups is 1. The first-order valence-electron chi connectivity index (χ1n) is 3.06. The molecule has 0 bridgehead atoms. The van der Waals surface area contributed by atoms with Crippen molar-refractivity contribution < 1.29 is 14.3 Å². The molecule has 0 saturated heterocycles. The first-order chi connectivity index (χ1) is 5.68. The summed E-state index contributed by atoms with van der Waals surface area (Å²) in [4.78, 5) is 10.9. The third-order valence-electron chi connectivity index (χ3n) is 1.41. The van der Waals surface area contributed by atoms with Crippen molar-refractivity contribution in [3.63, 3.8) is 0 Å². The number of carboxylic acid groups (broad SMARTS) is 1. The molecule has 0 aliphatic carbocycles. The van der Waals surface area contributed by atoms with E-state index in [1.165, 1.54) is 6.07 Å². The van der Waals surface area contributed by atoms with E-state index in [-0.39, 0.29) is 5.76 Å². The highest BCUT2D eigenvalue weighted by atomic mass is 32.1. The molecule has 0 atom stereocenters. The highest BCUT2D eigenvalue weighted by molar-refractivity contribution is 7.13. The summed E-state index contributed by atoms with van der Waals surface area (Å²) >= 11 is 1.05. The largest absolute Gasteiger partial charge is 0.475 e. The minimum atomic E-state index is -1.10. The minimum absolute atomic E-state index is 0.106. The molecule has 0 fully saturated rings. The van der Waals surface area contributed by atoms with E-state index in [4.69, 9.17) is 15.3 Å². The van der Waals surface area contributed by atoms with E-state index in [0.717, 1.165) is 11.5 Å². The van der Waals surface area contributed by atoms with Gasteiger partial charge in [0.2, 0.25) is 10.7 Å². The second-order valence-corrected chi connectivity index (χ2v) is 2.92. The molecule has 5 nitrogen and oxygen atoms in total. The van der Waals surface area contributed by atoms with Gasteiger partial charge in [0.05, 0.1) is 5.39 Å². The fraction of sp³-hybridized carbons (Fsp3) is 0. The standard InChI is InChI=1S/C6H4N2O3S/c7-4-2-1-3(5(9)10)11-6(2)12-8-4/h1H,(H2,7,8)(H,9,10). The van der Waals surface area contributed by atoms with Crippen molar-refractivity contribution in [1.29, 1.82) is 0 Å². The Morgan fingerprint density at radius 3 is 3.08 bits per heavy atom. The minimum Gasteiger partial charge on any atom is -0.475 e. The van der Waals surface area contributed by atoms with Crippen LogP contribution in [-0.2, 0) is 0 Å². The van der Waals surface area contributed by atoms with E-state index in [1.807, 2.05) is 0 Å². The number of aromatic nitrogens is 1. The molecule has 62 valence electrons. The Morgan fingerprint density at radius 1 is 1.75 bits per heavy atom. The van der Waals surface area contributed by atoms with Gasteiger partial charge in [-0.1, -0.05) is 0 Å². The molecule has 2 aromatic rings. The summed E-state index contributed by atoms with van der Waals surface area (Å²) in [5.41, 5.74) is 5.44. The Hall–Kier alpha value is -1.56. The van der Waals surface area contributed by atoms with Crippen LogP contribution in [0.5, 0.6) is 0 Å². The highest BCUT2D eigenvalue weighted by Crippen LogP contribution is 2.27. The zero-order valence-electron chi connectivity index (χ0n) is 5.77. The number of furan rings is 1. The number of nitrogens with zero attached hydrogens (tertiary/aromatic N) is 1. The lowest BCUT2D eigenvalue weighted by molar-refractivity contribution is 0.0665. The molecule has 12 heavy (non-hydrogen) atoms. The number of nitrogens with two attached hydrogens (primary N) is 1. The molecule has 0 saturated carbocycles. The quantitative estimate of drug-likeness (QED) is 0.694. The zero-order valence-corrected chi connectivity index (χ0v) is 6.59. The lowest BCUT2D eigenvalue weighted by atomic mass is 10.3. The lowest BCUT2D eigenvalue weighted by Crippen LogP contribution is -1.91. The van der Waals surface area contributed by atoms with Gasteiger partial charge in [-0.15, -0.1) is 0 Å². The molecule has 0 radical (unpaired) electrons. The summed E-state index contributed by atoms with van der Waals surface area (Å²) in [5.74, 6) is -0.894. The fourth-order valence-electron chi connectivity index (χ4n) is 0.866. The molecule has 0 aliphatic rings. The number of hydrogen-bond acceptors (Lipinski definition) is 5. The van der Waals surface area contributed by atoms with Crippen LogP contribution in [0.4, 0.5) is 5.82 Å². The summed E-state index contributed by atoms with van der Waals surface area (Å²) < 4.78 is 8.72. The normalized spacial score (nSPS) is 10.7. The van der Waals surface area contributed by atoms with E-state index < -0.39 is 5.97 Å². The molecule has 0 unspecified atom stereocenters. The second kappa shape index (κ2) is 2.21. The number of nitrogen functional groups attached to an aromatic ring is 1. The average Bonchev–Trinajstić information content (AvgIpc) is 2.53. The van der Waals surface area contributed by atoms with Crippen molar-refractivity contribution in [3.05, 3.63) is 11.8 Å². The third kappa shape index (κ3) is 0.850. The predicted molar refractivity (Wildman–Crippen MR) is 43.3 cm³/mol. The fourth-order valence-corrected chi connectivity index (χ4v) is 1.53. The Morgan fingerprint density at radius 2 is 2.50 bits per heavy atom. The van der Waals surface area contributed by atoms with E-state index >= 15 is 0 Å². The monoisotopic (exact) mass is 184 g/mol. The van der Waals surface area contributed by atoms with Crippen LogP contribution in [-0.4, -0.2) is 15.4 Å². The highest BCUT2D eigenvalue weighted by Gasteiger charge is 2.14. The maximum absolute atomic E-state index is 10.4. The number of aromatic carboxylic acids is 1. The van der Waals surface area contributed by atoms with Crippen LogP contribution in [0, 0.1) is 0 Å². The van der Waals surface area contributed by atoms with Crippen molar-refractivity contribution in [2.75, 3.05) is 5.73 Å². The molecule has 0 aromatic carbocycles. The van der Waals surface area contributed by atoms with Crippen LogP contribution in [0.1, 0.15) is 10.6 Å². The van der Waals surface area contributed by atoms with Crippen molar-refractivity contribution in [1.82, 2.24) is 4.37 Å². The third-order valence-corrected chi connectivity index (χ3v) is 2.17. The van der Waals surface area contributed by atoms with Gasteiger partial charge >= 0.3 is 5.97 Å². The number of carboxylic acids is 1. The molecule has 2 aromatic heterocycles. The smallest absolute Gasteiger partial charge is 0.371 e. The van der Waals surface area contributed by atoms with Gasteiger partial charge in [0.15, 0.2) is 0 Å². The van der Waals surface area contributed by atoms with Crippen LogP contribution >= 0.6 is 11.5 Å². The summed E-state index contributed by atoms with van der Waals surface area (Å²) in [7, 11) is 0. The molecule has 0 aliphatic heterocycles. The van der Waals surface area contributed by atoms with Gasteiger partial charge in [-0.05, 0) is 0 Å². The molecular formula is C6H4N2O3S. The van der Waals surface area contributed by atoms with E-state index in [9.17, 15) is 4.79 Å². The first kappa shape index (κ1) is 7.11. The van der Waals surface area contributed by atoms with Gasteiger partial charge in [0.1, 0.15) is 5.82 Å². The predicted octanol–water partition coefficient (Wildman–Crippen LogP) is 1.17. The van der Waals surface area contributed by atoms with Crippen LogP contribution in [0.15, 0.2) is 10.5 Å². The van der Waals surface area contributed by atoms with Gasteiger partial charge in [-0.25, -0.2) is 4.79 Å². The van der Waals surface area contributed by atoms with E-state index in [2.05, 4.69) is 4.37 Å². The topological polar surface area (TPSA) is 89.4 Å². The second-order valence-electron chi connectivity index (χ2n) is 2.18. The Kier molecular flexibility index (Phi) is 1.31. The van der Waals surface area contributed by atoms with Crippen molar-refractivity contribution in [2.24, 2.45) is 0 Å². The SMILES string of the molecule is Nc1nsc2oc(C(=O)O)cc12. The first-order valence-corrected chi connectivity index (χ1v) is 3.84. The van der Waals surface area contributed by atoms with Crippen molar-refractivity contribution >= 4 is 33.6 Å². The van der Waals surface area contributed by atoms with Gasteiger partial charge in [-0.2, -0.15) is 4.37 Å². The average molecular weight is 184 g/mol. The Balaban J connectivity index is 2.70. The van der Waals surface area contributed by atoms with E-state index in [0.29, 0.717) is 16.1 Å². The Labute approximate surface area is 70.6 Å². The summed E-state index contributed by atoms with van der Waals surface area (Å²) in [6, 6.07) is 1.37. The zero-order chi connectivity index (χ0) is 8.72. The van der Waals surface area contributed by atoms with Crippen LogP contribution in [0.3, 0.4) is 0 Å². The van der Waals surface area contributed by atoms with Gasteiger partial charge in [0, 0.05) is 17.6 Å². The Bertz CT molecular complexity index is 445. The number of fused-ring (bicyclic) bond motifs is 1. The summed E-state index contributed by atoms with van der Waals surface area (Å²) in [6.07, 6.45) is 0. The van der Waals surface area contributed by atoms with Crippen LogP contribution in [0.2, 0.25) is 0 Å². The molecule has 2 rings (SSSR count). The van der Waals surface area contributed by atoms with Crippen molar-refractivity contribution in [2.45, 2.75) is 0 Å². The van der Waals surface area contributed by atoms with Crippen LogP contribution < -0.4 is 5.73 Å². The van der Waals surface area contributed by atoms with Crippen molar-refractivity contribution in [3.8, 4) is 0 Å². The molecule has 0 spiro atoms. The maximum Gasteiger partial charge on any atom is 0.371 e. The van der Waals surface area contributed by atoms with E-state index in [1.54, 1.807) is 0 Å². The van der Waals surface area contributed by atoms with Gasteiger partial charge in [-0.3, -0.25) is 0 Å². The molecular weight excluding hydrogens is 180 g/mol. The van der Waals surface area contributed by atoms with Gasteiger partial charge in [0.25, 0.3) is 0 Å². The number of rotatable bonds is 1. The van der Waals surface area contributed by atoms with Crippen LogP contribution in [0.25, 0.3) is 10.3 Å². The summed E-state index contributed by atoms with van der Waals surface area (Å²) in [5, 5.41) is 9.11. The number of hydrogen-bond donors (Lipinski definition) is 2. The molecule has 2 heterocycles. The molecule has 0 amide bonds. The molecule has 3 N–H and O–H groups in total. The maximum atomic E-state index is 10.4. The molecule has 6 heteroatoms.